The van der Waals surface area contributed by atoms with Crippen LogP contribution in [-0.2, 0) is 6.54 Å². The zero-order chi connectivity index (χ0) is 18.1. The first-order chi connectivity index (χ1) is 12.6. The van der Waals surface area contributed by atoms with Crippen molar-refractivity contribution in [3.63, 3.8) is 0 Å². The molecule has 0 atom stereocenters. The third kappa shape index (κ3) is 3.11. The molecule has 2 aromatic carbocycles. The number of benzene rings is 2. The molecule has 2 heterocycles. The van der Waals surface area contributed by atoms with E-state index in [9.17, 15) is 9.18 Å². The molecule has 0 aliphatic carbocycles. The van der Waals surface area contributed by atoms with Crippen molar-refractivity contribution in [1.82, 2.24) is 10.3 Å². The topological polar surface area (TPSA) is 55.1 Å². The minimum atomic E-state index is -0.357. The molecule has 4 aromatic rings. The van der Waals surface area contributed by atoms with Gasteiger partial charge in [-0.15, -0.1) is 11.3 Å². The van der Waals surface area contributed by atoms with Crippen LogP contribution in [0.3, 0.4) is 0 Å². The van der Waals surface area contributed by atoms with Crippen LogP contribution in [0.15, 0.2) is 58.3 Å². The van der Waals surface area contributed by atoms with Crippen molar-refractivity contribution in [2.24, 2.45) is 0 Å². The molecule has 0 bridgehead atoms. The fraction of sp³-hybridized carbons (Fsp3) is 0.100. The Kier molecular flexibility index (Phi) is 4.26. The molecule has 4 rings (SSSR count). The van der Waals surface area contributed by atoms with Crippen LogP contribution in [0.2, 0.25) is 0 Å². The van der Waals surface area contributed by atoms with Crippen molar-refractivity contribution in [3.8, 4) is 11.3 Å². The number of aryl methyl sites for hydroxylation is 1. The first-order valence-corrected chi connectivity index (χ1v) is 8.96. The standard InChI is InChI=1S/C20H15FN2O2S/c1-12-15-9-14(21)7-8-17(15)25-19(12)20(24)22-10-18-23-16(11-26-18)13-5-3-2-4-6-13/h2-9,11H,10H2,1H3,(H,22,24). The van der Waals surface area contributed by atoms with Crippen molar-refractivity contribution < 1.29 is 13.6 Å². The number of rotatable bonds is 4. The van der Waals surface area contributed by atoms with Gasteiger partial charge in [-0.3, -0.25) is 4.79 Å². The Bertz CT molecular complexity index is 1090. The number of nitrogens with one attached hydrogen (secondary N) is 1. The quantitative estimate of drug-likeness (QED) is 0.557. The average Bonchev–Trinajstić information content (AvgIpc) is 3.26. The fourth-order valence-corrected chi connectivity index (χ4v) is 3.52. The third-order valence-electron chi connectivity index (χ3n) is 4.13. The lowest BCUT2D eigenvalue weighted by Crippen LogP contribution is -2.22. The molecule has 0 fully saturated rings. The maximum absolute atomic E-state index is 13.4. The normalized spacial score (nSPS) is 11.0. The van der Waals surface area contributed by atoms with E-state index in [1.165, 1.54) is 29.5 Å². The Hall–Kier alpha value is -2.99. The highest BCUT2D eigenvalue weighted by Gasteiger charge is 2.18. The van der Waals surface area contributed by atoms with Crippen LogP contribution < -0.4 is 5.32 Å². The number of hydrogen-bond acceptors (Lipinski definition) is 4. The van der Waals surface area contributed by atoms with Gasteiger partial charge in [0.1, 0.15) is 16.4 Å². The van der Waals surface area contributed by atoms with Crippen LogP contribution in [-0.4, -0.2) is 10.9 Å². The molecule has 1 N–H and O–H groups in total. The molecule has 1 amide bonds. The molecular formula is C20H15FN2O2S. The Morgan fingerprint density at radius 2 is 2.04 bits per heavy atom. The minimum Gasteiger partial charge on any atom is -0.451 e. The summed E-state index contributed by atoms with van der Waals surface area (Å²) in [7, 11) is 0. The van der Waals surface area contributed by atoms with E-state index in [0.29, 0.717) is 23.1 Å². The summed E-state index contributed by atoms with van der Waals surface area (Å²) in [6.07, 6.45) is 0. The van der Waals surface area contributed by atoms with Gasteiger partial charge in [0.05, 0.1) is 12.2 Å². The van der Waals surface area contributed by atoms with Crippen molar-refractivity contribution in [2.45, 2.75) is 13.5 Å². The summed E-state index contributed by atoms with van der Waals surface area (Å²) in [5, 5.41) is 6.19. The molecule has 0 spiro atoms. The lowest BCUT2D eigenvalue weighted by atomic mass is 10.1. The van der Waals surface area contributed by atoms with Crippen molar-refractivity contribution in [1.29, 1.82) is 0 Å². The first-order valence-electron chi connectivity index (χ1n) is 8.08. The second kappa shape index (κ2) is 6.72. The molecule has 0 aliphatic heterocycles. The maximum atomic E-state index is 13.4. The molecule has 6 heteroatoms. The Morgan fingerprint density at radius 1 is 1.23 bits per heavy atom. The number of hydrogen-bond donors (Lipinski definition) is 1. The van der Waals surface area contributed by atoms with Crippen LogP contribution in [0.5, 0.6) is 0 Å². The van der Waals surface area contributed by atoms with Gasteiger partial charge in [0, 0.05) is 21.9 Å². The van der Waals surface area contributed by atoms with Gasteiger partial charge in [0.2, 0.25) is 0 Å². The van der Waals surface area contributed by atoms with Crippen LogP contribution in [0.25, 0.3) is 22.2 Å². The second-order valence-electron chi connectivity index (χ2n) is 5.87. The number of fused-ring (bicyclic) bond motifs is 1. The number of carbonyl (C=O) groups is 1. The summed E-state index contributed by atoms with van der Waals surface area (Å²) in [5.41, 5.74) is 3.04. The molecule has 0 saturated carbocycles. The van der Waals surface area contributed by atoms with Crippen molar-refractivity contribution >= 4 is 28.2 Å². The molecular weight excluding hydrogens is 351 g/mol. The smallest absolute Gasteiger partial charge is 0.287 e. The lowest BCUT2D eigenvalue weighted by Gasteiger charge is -2.01. The van der Waals surface area contributed by atoms with Crippen LogP contribution >= 0.6 is 11.3 Å². The van der Waals surface area contributed by atoms with E-state index in [1.807, 2.05) is 35.7 Å². The van der Waals surface area contributed by atoms with E-state index in [4.69, 9.17) is 4.42 Å². The molecule has 4 nitrogen and oxygen atoms in total. The second-order valence-corrected chi connectivity index (χ2v) is 6.81. The van der Waals surface area contributed by atoms with E-state index in [0.717, 1.165) is 16.3 Å². The Balaban J connectivity index is 1.49. The van der Waals surface area contributed by atoms with Gasteiger partial charge in [0.15, 0.2) is 5.76 Å². The van der Waals surface area contributed by atoms with Gasteiger partial charge in [-0.2, -0.15) is 0 Å². The molecule has 26 heavy (non-hydrogen) atoms. The molecule has 130 valence electrons. The van der Waals surface area contributed by atoms with Gasteiger partial charge in [-0.1, -0.05) is 30.3 Å². The molecule has 0 radical (unpaired) electrons. The summed E-state index contributed by atoms with van der Waals surface area (Å²) in [5.74, 6) is -0.495. The third-order valence-corrected chi connectivity index (χ3v) is 4.97. The van der Waals surface area contributed by atoms with Crippen LogP contribution in [0.4, 0.5) is 4.39 Å². The largest absolute Gasteiger partial charge is 0.451 e. The van der Waals surface area contributed by atoms with Crippen molar-refractivity contribution in [2.75, 3.05) is 0 Å². The van der Waals surface area contributed by atoms with Gasteiger partial charge >= 0.3 is 0 Å². The van der Waals surface area contributed by atoms with Crippen molar-refractivity contribution in [3.05, 3.63) is 76.1 Å². The predicted octanol–water partition coefficient (Wildman–Crippen LogP) is 4.93. The predicted molar refractivity (Wildman–Crippen MR) is 99.6 cm³/mol. The van der Waals surface area contributed by atoms with E-state index in [1.54, 1.807) is 6.92 Å². The zero-order valence-corrected chi connectivity index (χ0v) is 14.8. The number of furan rings is 1. The monoisotopic (exact) mass is 366 g/mol. The molecule has 2 aromatic heterocycles. The van der Waals surface area contributed by atoms with Crippen LogP contribution in [0.1, 0.15) is 21.1 Å². The summed E-state index contributed by atoms with van der Waals surface area (Å²) < 4.78 is 19.0. The number of aromatic nitrogens is 1. The molecule has 0 saturated heterocycles. The van der Waals surface area contributed by atoms with E-state index in [-0.39, 0.29) is 17.5 Å². The zero-order valence-electron chi connectivity index (χ0n) is 14.0. The van der Waals surface area contributed by atoms with Gasteiger partial charge in [-0.25, -0.2) is 9.37 Å². The molecule has 0 unspecified atom stereocenters. The van der Waals surface area contributed by atoms with E-state index >= 15 is 0 Å². The fourth-order valence-electron chi connectivity index (χ4n) is 2.78. The SMILES string of the molecule is Cc1c(C(=O)NCc2nc(-c3ccccc3)cs2)oc2ccc(F)cc12. The highest BCUT2D eigenvalue weighted by Crippen LogP contribution is 2.26. The van der Waals surface area contributed by atoms with E-state index < -0.39 is 0 Å². The summed E-state index contributed by atoms with van der Waals surface area (Å²) in [6.45, 7) is 2.05. The molecule has 0 aliphatic rings. The van der Waals surface area contributed by atoms with E-state index in [2.05, 4.69) is 10.3 Å². The first kappa shape index (κ1) is 16.5. The highest BCUT2D eigenvalue weighted by molar-refractivity contribution is 7.09. The van der Waals surface area contributed by atoms with Gasteiger partial charge in [0.25, 0.3) is 5.91 Å². The average molecular weight is 366 g/mol. The van der Waals surface area contributed by atoms with Gasteiger partial charge in [-0.05, 0) is 25.1 Å². The maximum Gasteiger partial charge on any atom is 0.287 e. The number of halogens is 1. The summed E-state index contributed by atoms with van der Waals surface area (Å²) in [4.78, 5) is 17.0. The number of amides is 1. The number of carbonyl (C=O) groups excluding carboxylic acids is 1. The number of thiazole rings is 1. The summed E-state index contributed by atoms with van der Waals surface area (Å²) >= 11 is 1.49. The van der Waals surface area contributed by atoms with Gasteiger partial charge < -0.3 is 9.73 Å². The summed E-state index contributed by atoms with van der Waals surface area (Å²) in [6, 6.07) is 14.1. The number of nitrogens with zero attached hydrogens (tertiary/aromatic N) is 1. The van der Waals surface area contributed by atoms with Crippen LogP contribution in [0, 0.1) is 12.7 Å². The Morgan fingerprint density at radius 3 is 2.85 bits per heavy atom. The lowest BCUT2D eigenvalue weighted by molar-refractivity contribution is 0.0924. The minimum absolute atomic E-state index is 0.199. The highest BCUT2D eigenvalue weighted by atomic mass is 32.1. The Labute approximate surface area is 153 Å².